The predicted octanol–water partition coefficient (Wildman–Crippen LogP) is 3.61. The van der Waals surface area contributed by atoms with Gasteiger partial charge >= 0.3 is 5.25 Å². The molecule has 0 N–H and O–H groups in total. The van der Waals surface area contributed by atoms with Gasteiger partial charge in [0, 0.05) is 0 Å². The van der Waals surface area contributed by atoms with E-state index in [-0.39, 0.29) is 0 Å². The molecule has 1 rings (SSSR count). The van der Waals surface area contributed by atoms with Crippen molar-refractivity contribution >= 4 is 35.0 Å². The molecule has 1 unspecified atom stereocenters. The van der Waals surface area contributed by atoms with Crippen LogP contribution in [0.25, 0.3) is 0 Å². The summed E-state index contributed by atoms with van der Waals surface area (Å²) in [5, 5.41) is -5.23. The van der Waals surface area contributed by atoms with Crippen LogP contribution in [0.3, 0.4) is 0 Å². The standard InChI is InChI=1S/C4Cl2F4S/c5-1-2(7)3(6,8)11-4(1,9)10. The van der Waals surface area contributed by atoms with Crippen molar-refractivity contribution in [2.24, 2.45) is 0 Å². The fraction of sp³-hybridized carbons (Fsp3) is 0.500. The van der Waals surface area contributed by atoms with Gasteiger partial charge in [0.05, 0.1) is 0 Å². The average Bonchev–Trinajstić information content (AvgIpc) is 1.91. The lowest BCUT2D eigenvalue weighted by Gasteiger charge is -2.09. The lowest BCUT2D eigenvalue weighted by Crippen LogP contribution is -2.10. The average molecular weight is 227 g/mol. The van der Waals surface area contributed by atoms with E-state index in [1.54, 1.807) is 0 Å². The van der Waals surface area contributed by atoms with Crippen LogP contribution in [-0.2, 0) is 0 Å². The van der Waals surface area contributed by atoms with Crippen molar-refractivity contribution < 1.29 is 17.6 Å². The maximum atomic E-state index is 12.5. The minimum absolute atomic E-state index is 0.674. The highest BCUT2D eigenvalue weighted by atomic mass is 35.5. The van der Waals surface area contributed by atoms with Gasteiger partial charge in [-0.2, -0.15) is 8.78 Å². The summed E-state index contributed by atoms with van der Waals surface area (Å²) in [5.74, 6) is -1.82. The number of rotatable bonds is 0. The quantitative estimate of drug-likeness (QED) is 0.450. The maximum absolute atomic E-state index is 12.5. The van der Waals surface area contributed by atoms with Gasteiger partial charge in [0.1, 0.15) is 5.03 Å². The van der Waals surface area contributed by atoms with E-state index >= 15 is 0 Å². The molecule has 0 nitrogen and oxygen atoms in total. The topological polar surface area (TPSA) is 0 Å². The largest absolute Gasteiger partial charge is 0.336 e. The molecule has 7 heteroatoms. The third-order valence-electron chi connectivity index (χ3n) is 0.960. The Kier molecular flexibility index (Phi) is 2.10. The Balaban J connectivity index is 3.09. The summed E-state index contributed by atoms with van der Waals surface area (Å²) in [6, 6.07) is 0. The van der Waals surface area contributed by atoms with Crippen LogP contribution in [0.5, 0.6) is 0 Å². The zero-order valence-electron chi connectivity index (χ0n) is 4.68. The molecule has 0 aromatic rings. The lowest BCUT2D eigenvalue weighted by atomic mass is 10.5. The summed E-state index contributed by atoms with van der Waals surface area (Å²) in [7, 11) is 0. The molecule has 0 bridgehead atoms. The Labute approximate surface area is 73.5 Å². The van der Waals surface area contributed by atoms with Crippen LogP contribution in [-0.4, -0.2) is 9.71 Å². The van der Waals surface area contributed by atoms with Crippen molar-refractivity contribution in [3.63, 3.8) is 0 Å². The first-order valence-corrected chi connectivity index (χ1v) is 3.86. The van der Waals surface area contributed by atoms with Crippen LogP contribution in [0.1, 0.15) is 0 Å². The highest BCUT2D eigenvalue weighted by Crippen LogP contribution is 2.60. The van der Waals surface area contributed by atoms with Crippen molar-refractivity contribution in [1.29, 1.82) is 0 Å². The van der Waals surface area contributed by atoms with Gasteiger partial charge in [0.25, 0.3) is 4.46 Å². The summed E-state index contributed by atoms with van der Waals surface area (Å²) >= 11 is 8.77. The normalized spacial score (nSPS) is 36.5. The Morgan fingerprint density at radius 2 is 1.73 bits per heavy atom. The van der Waals surface area contributed by atoms with Crippen molar-refractivity contribution in [2.75, 3.05) is 0 Å². The number of alkyl halides is 4. The summed E-state index contributed by atoms with van der Waals surface area (Å²) in [4.78, 5) is 0. The van der Waals surface area contributed by atoms with Crippen molar-refractivity contribution in [3.05, 3.63) is 10.9 Å². The van der Waals surface area contributed by atoms with E-state index < -0.39 is 32.3 Å². The van der Waals surface area contributed by atoms with Crippen LogP contribution < -0.4 is 0 Å². The molecular formula is C4Cl2F4S. The molecular weight excluding hydrogens is 227 g/mol. The van der Waals surface area contributed by atoms with E-state index in [4.69, 9.17) is 23.2 Å². The highest BCUT2D eigenvalue weighted by Gasteiger charge is 2.57. The molecule has 11 heavy (non-hydrogen) atoms. The first kappa shape index (κ1) is 9.48. The van der Waals surface area contributed by atoms with Gasteiger partial charge < -0.3 is 0 Å². The van der Waals surface area contributed by atoms with Crippen LogP contribution in [0.2, 0.25) is 0 Å². The van der Waals surface area contributed by atoms with Gasteiger partial charge in [-0.25, -0.2) is 8.78 Å². The van der Waals surface area contributed by atoms with Crippen LogP contribution in [0, 0.1) is 0 Å². The van der Waals surface area contributed by atoms with Gasteiger partial charge in [-0.3, -0.25) is 0 Å². The van der Waals surface area contributed by atoms with Gasteiger partial charge in [-0.1, -0.05) is 23.2 Å². The fourth-order valence-electron chi connectivity index (χ4n) is 0.506. The smallest absolute Gasteiger partial charge is 0.206 e. The van der Waals surface area contributed by atoms with E-state index in [9.17, 15) is 17.6 Å². The van der Waals surface area contributed by atoms with Gasteiger partial charge in [-0.05, 0) is 11.8 Å². The number of halogens is 6. The molecule has 0 amide bonds. The molecule has 0 saturated carbocycles. The third-order valence-corrected chi connectivity index (χ3v) is 2.77. The van der Waals surface area contributed by atoms with E-state index in [1.807, 2.05) is 0 Å². The Hall–Kier alpha value is 0.390. The van der Waals surface area contributed by atoms with E-state index in [0.717, 1.165) is 0 Å². The molecule has 0 radical (unpaired) electrons. The molecule has 0 saturated heterocycles. The van der Waals surface area contributed by atoms with Crippen LogP contribution in [0.4, 0.5) is 17.6 Å². The minimum atomic E-state index is -3.76. The summed E-state index contributed by atoms with van der Waals surface area (Å²) < 4.78 is 46.2. The Bertz CT molecular complexity index is 202. The Morgan fingerprint density at radius 3 is 1.82 bits per heavy atom. The highest BCUT2D eigenvalue weighted by molar-refractivity contribution is 8.03. The monoisotopic (exact) mass is 226 g/mol. The zero-order chi connectivity index (χ0) is 8.86. The molecule has 1 atom stereocenters. The first-order valence-electron chi connectivity index (χ1n) is 2.29. The Morgan fingerprint density at radius 1 is 1.27 bits per heavy atom. The molecule has 0 aliphatic carbocycles. The third kappa shape index (κ3) is 1.46. The second kappa shape index (κ2) is 2.44. The van der Waals surface area contributed by atoms with Crippen molar-refractivity contribution in [2.45, 2.75) is 9.71 Å². The van der Waals surface area contributed by atoms with Crippen molar-refractivity contribution in [3.8, 4) is 0 Å². The number of thioether (sulfide) groups is 1. The van der Waals surface area contributed by atoms with Crippen molar-refractivity contribution in [1.82, 2.24) is 0 Å². The molecule has 0 spiro atoms. The van der Waals surface area contributed by atoms with Crippen LogP contribution in [0.15, 0.2) is 10.9 Å². The molecule has 1 aliphatic heterocycles. The maximum Gasteiger partial charge on any atom is 0.336 e. The summed E-state index contributed by atoms with van der Waals surface area (Å²) in [6.45, 7) is 0. The summed E-state index contributed by atoms with van der Waals surface area (Å²) in [5.41, 5.74) is 0. The minimum Gasteiger partial charge on any atom is -0.206 e. The van der Waals surface area contributed by atoms with Gasteiger partial charge in [-0.15, -0.1) is 0 Å². The molecule has 0 fully saturated rings. The van der Waals surface area contributed by atoms with Gasteiger partial charge in [0.15, 0.2) is 5.83 Å². The lowest BCUT2D eigenvalue weighted by molar-refractivity contribution is 0.158. The van der Waals surface area contributed by atoms with Crippen LogP contribution >= 0.6 is 35.0 Å². The summed E-state index contributed by atoms with van der Waals surface area (Å²) in [6.07, 6.45) is 0. The SMILES string of the molecule is FC1=C(Cl)C(F)(F)SC1(F)Cl. The number of hydrogen-bond acceptors (Lipinski definition) is 1. The fourth-order valence-corrected chi connectivity index (χ4v) is 1.93. The van der Waals surface area contributed by atoms with E-state index in [0.29, 0.717) is 0 Å². The molecule has 1 aliphatic rings. The van der Waals surface area contributed by atoms with E-state index in [1.165, 1.54) is 0 Å². The molecule has 64 valence electrons. The first-order chi connectivity index (χ1) is 4.77. The molecule has 0 aromatic heterocycles. The zero-order valence-corrected chi connectivity index (χ0v) is 7.00. The van der Waals surface area contributed by atoms with Gasteiger partial charge in [0.2, 0.25) is 0 Å². The predicted molar refractivity (Wildman–Crippen MR) is 36.2 cm³/mol. The second-order valence-corrected chi connectivity index (χ2v) is 4.17. The molecule has 0 aromatic carbocycles. The van der Waals surface area contributed by atoms with E-state index in [2.05, 4.69) is 0 Å². The molecule has 1 heterocycles. The number of hydrogen-bond donors (Lipinski definition) is 0. The second-order valence-electron chi connectivity index (χ2n) is 1.76.